The normalized spacial score (nSPS) is 20.8. The highest BCUT2D eigenvalue weighted by Gasteiger charge is 2.35. The van der Waals surface area contributed by atoms with Crippen LogP contribution in [-0.4, -0.2) is 33.8 Å². The lowest BCUT2D eigenvalue weighted by Crippen LogP contribution is -2.29. The highest BCUT2D eigenvalue weighted by atomic mass is 16.2. The van der Waals surface area contributed by atoms with Gasteiger partial charge in [-0.05, 0) is 31.9 Å². The molecule has 2 aromatic heterocycles. The van der Waals surface area contributed by atoms with Crippen molar-refractivity contribution in [2.24, 2.45) is 18.9 Å². The number of amides is 1. The number of rotatable bonds is 3. The maximum Gasteiger partial charge on any atom is 0.230 e. The van der Waals surface area contributed by atoms with Crippen LogP contribution in [0.15, 0.2) is 24.4 Å². The van der Waals surface area contributed by atoms with E-state index in [9.17, 15) is 4.79 Å². The fourth-order valence-electron chi connectivity index (χ4n) is 3.18. The van der Waals surface area contributed by atoms with E-state index in [1.54, 1.807) is 10.9 Å². The van der Waals surface area contributed by atoms with Crippen LogP contribution in [0.5, 0.6) is 0 Å². The molecule has 3 heterocycles. The van der Waals surface area contributed by atoms with Crippen molar-refractivity contribution in [3.8, 4) is 0 Å². The van der Waals surface area contributed by atoms with Gasteiger partial charge in [0.1, 0.15) is 11.6 Å². The molecule has 0 aliphatic carbocycles. The number of aromatic nitrogens is 3. The number of aryl methyl sites for hydroxylation is 2. The zero-order valence-electron chi connectivity index (χ0n) is 14.1. The average molecular weight is 313 g/mol. The van der Waals surface area contributed by atoms with E-state index in [0.717, 1.165) is 29.4 Å². The molecule has 1 saturated heterocycles. The molecule has 0 aromatic carbocycles. The summed E-state index contributed by atoms with van der Waals surface area (Å²) in [6.45, 7) is 7.59. The Morgan fingerprint density at radius 2 is 2.09 bits per heavy atom. The van der Waals surface area contributed by atoms with Crippen LogP contribution in [-0.2, 0) is 11.8 Å². The molecule has 1 aliphatic heterocycles. The predicted octanol–water partition coefficient (Wildman–Crippen LogP) is 2.14. The molecule has 1 amide bonds. The van der Waals surface area contributed by atoms with E-state index in [-0.39, 0.29) is 17.7 Å². The molecule has 3 rings (SSSR count). The van der Waals surface area contributed by atoms with Crippen LogP contribution >= 0.6 is 0 Å². The number of nitrogens with one attached hydrogen (secondary N) is 1. The molecular weight excluding hydrogens is 290 g/mol. The topological polar surface area (TPSA) is 63.1 Å². The van der Waals surface area contributed by atoms with Gasteiger partial charge in [0.25, 0.3) is 0 Å². The summed E-state index contributed by atoms with van der Waals surface area (Å²) in [5.41, 5.74) is 1.96. The number of hydrogen-bond donors (Lipinski definition) is 1. The molecule has 1 aliphatic rings. The highest BCUT2D eigenvalue weighted by Crippen LogP contribution is 2.28. The Morgan fingerprint density at radius 3 is 2.70 bits per heavy atom. The Balaban J connectivity index is 1.73. The molecule has 1 N–H and O–H groups in total. The number of hydrogen-bond acceptors (Lipinski definition) is 4. The van der Waals surface area contributed by atoms with Gasteiger partial charge >= 0.3 is 0 Å². The van der Waals surface area contributed by atoms with Gasteiger partial charge in [-0.25, -0.2) is 4.98 Å². The van der Waals surface area contributed by atoms with E-state index < -0.39 is 0 Å². The fraction of sp³-hybridized carbons (Fsp3) is 0.471. The van der Waals surface area contributed by atoms with Crippen molar-refractivity contribution in [2.75, 3.05) is 23.3 Å². The molecule has 0 bridgehead atoms. The van der Waals surface area contributed by atoms with E-state index in [0.29, 0.717) is 6.54 Å². The standard InChI is InChI=1S/C17H23N5O/c1-11-9-22(15-7-5-6-8-18-15)10-14(11)17(23)19-16-12(2)13(3)20-21(16)4/h5-8,11,14H,9-10H2,1-4H3,(H,19,23)/t11-,14-/m1/s1. The Labute approximate surface area is 136 Å². The molecule has 2 atom stereocenters. The minimum absolute atomic E-state index is 0.0494. The smallest absolute Gasteiger partial charge is 0.230 e. The second-order valence-electron chi connectivity index (χ2n) is 6.35. The largest absolute Gasteiger partial charge is 0.356 e. The molecule has 6 heteroatoms. The van der Waals surface area contributed by atoms with Gasteiger partial charge in [-0.2, -0.15) is 5.10 Å². The molecule has 1 fully saturated rings. The van der Waals surface area contributed by atoms with Crippen molar-refractivity contribution in [3.63, 3.8) is 0 Å². The third kappa shape index (κ3) is 2.93. The lowest BCUT2D eigenvalue weighted by atomic mass is 9.97. The molecule has 2 aromatic rings. The van der Waals surface area contributed by atoms with Gasteiger partial charge in [0, 0.05) is 31.9 Å². The number of anilines is 2. The minimum atomic E-state index is -0.0494. The monoisotopic (exact) mass is 313 g/mol. The number of carbonyl (C=O) groups excluding carboxylic acids is 1. The minimum Gasteiger partial charge on any atom is -0.356 e. The zero-order chi connectivity index (χ0) is 16.6. The fourth-order valence-corrected chi connectivity index (χ4v) is 3.18. The quantitative estimate of drug-likeness (QED) is 0.943. The van der Waals surface area contributed by atoms with Gasteiger partial charge < -0.3 is 10.2 Å². The van der Waals surface area contributed by atoms with Gasteiger partial charge in [0.15, 0.2) is 0 Å². The Bertz CT molecular complexity index is 709. The second kappa shape index (κ2) is 6.02. The van der Waals surface area contributed by atoms with Gasteiger partial charge in [-0.15, -0.1) is 0 Å². The van der Waals surface area contributed by atoms with Crippen LogP contribution in [0, 0.1) is 25.7 Å². The number of pyridine rings is 1. The van der Waals surface area contributed by atoms with Gasteiger partial charge in [-0.1, -0.05) is 13.0 Å². The third-order valence-electron chi connectivity index (χ3n) is 4.69. The SMILES string of the molecule is Cc1nn(C)c(NC(=O)[C@@H]2CN(c3ccccn3)C[C@H]2C)c1C. The molecule has 122 valence electrons. The zero-order valence-corrected chi connectivity index (χ0v) is 14.1. The van der Waals surface area contributed by atoms with Crippen LogP contribution in [0.25, 0.3) is 0 Å². The van der Waals surface area contributed by atoms with Crippen molar-refractivity contribution in [2.45, 2.75) is 20.8 Å². The Morgan fingerprint density at radius 1 is 1.30 bits per heavy atom. The molecule has 0 unspecified atom stereocenters. The van der Waals surface area contributed by atoms with Gasteiger partial charge in [0.05, 0.1) is 11.6 Å². The molecule has 0 spiro atoms. The first kappa shape index (κ1) is 15.5. The number of carbonyl (C=O) groups is 1. The summed E-state index contributed by atoms with van der Waals surface area (Å²) in [7, 11) is 1.86. The van der Waals surface area contributed by atoms with Crippen LogP contribution in [0.4, 0.5) is 11.6 Å². The molecule has 6 nitrogen and oxygen atoms in total. The maximum atomic E-state index is 12.7. The molecule has 23 heavy (non-hydrogen) atoms. The Hall–Kier alpha value is -2.37. The van der Waals surface area contributed by atoms with Crippen molar-refractivity contribution in [3.05, 3.63) is 35.7 Å². The summed E-state index contributed by atoms with van der Waals surface area (Å²) in [5.74, 6) is 2.01. The van der Waals surface area contributed by atoms with E-state index in [1.807, 2.05) is 39.1 Å². The first-order valence-electron chi connectivity index (χ1n) is 7.94. The molecule has 0 radical (unpaired) electrons. The van der Waals surface area contributed by atoms with Crippen molar-refractivity contribution in [1.29, 1.82) is 0 Å². The summed E-state index contributed by atoms with van der Waals surface area (Å²) in [6, 6.07) is 5.87. The molecule has 0 saturated carbocycles. The summed E-state index contributed by atoms with van der Waals surface area (Å²) >= 11 is 0. The lowest BCUT2D eigenvalue weighted by Gasteiger charge is -2.17. The van der Waals surface area contributed by atoms with Crippen molar-refractivity contribution < 1.29 is 4.79 Å². The van der Waals surface area contributed by atoms with Crippen LogP contribution in [0.2, 0.25) is 0 Å². The summed E-state index contributed by atoms with van der Waals surface area (Å²) in [5, 5.41) is 7.41. The van der Waals surface area contributed by atoms with E-state index in [2.05, 4.69) is 27.2 Å². The van der Waals surface area contributed by atoms with E-state index >= 15 is 0 Å². The van der Waals surface area contributed by atoms with E-state index in [1.165, 1.54) is 0 Å². The first-order valence-corrected chi connectivity index (χ1v) is 7.94. The highest BCUT2D eigenvalue weighted by molar-refractivity contribution is 5.93. The van der Waals surface area contributed by atoms with Crippen molar-refractivity contribution in [1.82, 2.24) is 14.8 Å². The van der Waals surface area contributed by atoms with Gasteiger partial charge in [0.2, 0.25) is 5.91 Å². The summed E-state index contributed by atoms with van der Waals surface area (Å²) < 4.78 is 1.73. The lowest BCUT2D eigenvalue weighted by molar-refractivity contribution is -0.120. The van der Waals surface area contributed by atoms with Crippen LogP contribution in [0.1, 0.15) is 18.2 Å². The second-order valence-corrected chi connectivity index (χ2v) is 6.35. The first-order chi connectivity index (χ1) is 11.0. The summed E-state index contributed by atoms with van der Waals surface area (Å²) in [4.78, 5) is 19.3. The summed E-state index contributed by atoms with van der Waals surface area (Å²) in [6.07, 6.45) is 1.79. The Kier molecular flexibility index (Phi) is 4.07. The van der Waals surface area contributed by atoms with E-state index in [4.69, 9.17) is 0 Å². The maximum absolute atomic E-state index is 12.7. The van der Waals surface area contributed by atoms with Crippen molar-refractivity contribution >= 4 is 17.5 Å². The van der Waals surface area contributed by atoms with Gasteiger partial charge in [-0.3, -0.25) is 9.48 Å². The predicted molar refractivity (Wildman–Crippen MR) is 90.4 cm³/mol. The average Bonchev–Trinajstić information content (AvgIpc) is 3.04. The molecular formula is C17H23N5O. The number of nitrogens with zero attached hydrogens (tertiary/aromatic N) is 4. The third-order valence-corrected chi connectivity index (χ3v) is 4.69. The van der Waals surface area contributed by atoms with Crippen LogP contribution in [0.3, 0.4) is 0 Å². The van der Waals surface area contributed by atoms with Crippen LogP contribution < -0.4 is 10.2 Å².